The standard InChI is InChI=1S/C18H21ClN4O2/c1-25-18-13(7-20)3-2-4-14(18)8-21-16-5-12(6-17(16)24)10-23-11-15(19)9-22-23/h2-4,9,11-12,16-17,21,24H,5-6,8,10H2,1H3/t12?,16-,17-/m1/s1. The zero-order valence-corrected chi connectivity index (χ0v) is 14.8. The molecule has 3 atom stereocenters. The lowest BCUT2D eigenvalue weighted by Crippen LogP contribution is -2.35. The molecule has 2 aromatic rings. The summed E-state index contributed by atoms with van der Waals surface area (Å²) in [4.78, 5) is 0. The number of para-hydroxylation sites is 1. The number of nitrogens with one attached hydrogen (secondary N) is 1. The highest BCUT2D eigenvalue weighted by Gasteiger charge is 2.33. The molecule has 132 valence electrons. The lowest BCUT2D eigenvalue weighted by Gasteiger charge is -2.18. The van der Waals surface area contributed by atoms with E-state index < -0.39 is 6.10 Å². The van der Waals surface area contributed by atoms with E-state index in [2.05, 4.69) is 16.5 Å². The van der Waals surface area contributed by atoms with E-state index in [0.29, 0.717) is 28.8 Å². The summed E-state index contributed by atoms with van der Waals surface area (Å²) in [6.07, 6.45) is 4.61. The highest BCUT2D eigenvalue weighted by atomic mass is 35.5. The van der Waals surface area contributed by atoms with Crippen LogP contribution >= 0.6 is 11.6 Å². The van der Waals surface area contributed by atoms with E-state index in [-0.39, 0.29) is 6.04 Å². The fourth-order valence-electron chi connectivity index (χ4n) is 3.48. The molecular weight excluding hydrogens is 340 g/mol. The van der Waals surface area contributed by atoms with Crippen LogP contribution in [0.2, 0.25) is 5.02 Å². The maximum atomic E-state index is 10.3. The Hall–Kier alpha value is -2.07. The van der Waals surface area contributed by atoms with Crippen LogP contribution < -0.4 is 10.1 Å². The fourth-order valence-corrected chi connectivity index (χ4v) is 3.64. The summed E-state index contributed by atoms with van der Waals surface area (Å²) in [6, 6.07) is 7.65. The van der Waals surface area contributed by atoms with Gasteiger partial charge in [-0.15, -0.1) is 0 Å². The minimum Gasteiger partial charge on any atom is -0.495 e. The van der Waals surface area contributed by atoms with Crippen molar-refractivity contribution in [1.29, 1.82) is 5.26 Å². The molecule has 7 heteroatoms. The van der Waals surface area contributed by atoms with Crippen molar-refractivity contribution in [3.63, 3.8) is 0 Å². The van der Waals surface area contributed by atoms with Crippen molar-refractivity contribution < 1.29 is 9.84 Å². The summed E-state index contributed by atoms with van der Waals surface area (Å²) in [7, 11) is 1.56. The van der Waals surface area contributed by atoms with Gasteiger partial charge in [-0.25, -0.2) is 0 Å². The second-order valence-electron chi connectivity index (χ2n) is 6.38. The summed E-state index contributed by atoms with van der Waals surface area (Å²) >= 11 is 5.89. The number of hydrogen-bond donors (Lipinski definition) is 2. The van der Waals surface area contributed by atoms with Crippen molar-refractivity contribution in [1.82, 2.24) is 15.1 Å². The van der Waals surface area contributed by atoms with E-state index in [0.717, 1.165) is 24.9 Å². The zero-order valence-electron chi connectivity index (χ0n) is 14.0. The Kier molecular flexibility index (Phi) is 5.59. The van der Waals surface area contributed by atoms with Crippen LogP contribution in [0.5, 0.6) is 5.75 Å². The Labute approximate surface area is 152 Å². The first kappa shape index (κ1) is 17.7. The average Bonchev–Trinajstić information content (AvgIpc) is 3.17. The zero-order chi connectivity index (χ0) is 17.8. The molecule has 1 unspecified atom stereocenters. The summed E-state index contributed by atoms with van der Waals surface area (Å²) < 4.78 is 7.18. The summed E-state index contributed by atoms with van der Waals surface area (Å²) in [5, 5.41) is 27.7. The number of nitriles is 1. The molecule has 0 amide bonds. The predicted octanol–water partition coefficient (Wildman–Crippen LogP) is 2.35. The molecule has 1 aliphatic rings. The Bertz CT molecular complexity index is 771. The molecule has 1 aliphatic carbocycles. The van der Waals surface area contributed by atoms with E-state index in [1.54, 1.807) is 25.6 Å². The largest absolute Gasteiger partial charge is 0.495 e. The second-order valence-corrected chi connectivity index (χ2v) is 6.82. The molecule has 0 saturated heterocycles. The fraction of sp³-hybridized carbons (Fsp3) is 0.444. The van der Waals surface area contributed by atoms with Gasteiger partial charge in [0.2, 0.25) is 0 Å². The molecule has 0 spiro atoms. The molecule has 1 saturated carbocycles. The van der Waals surface area contributed by atoms with E-state index in [1.165, 1.54) is 0 Å². The molecule has 3 rings (SSSR count). The first-order chi connectivity index (χ1) is 12.1. The number of halogens is 1. The maximum absolute atomic E-state index is 10.3. The highest BCUT2D eigenvalue weighted by molar-refractivity contribution is 6.30. The number of aromatic nitrogens is 2. The van der Waals surface area contributed by atoms with Gasteiger partial charge < -0.3 is 15.2 Å². The molecule has 1 aromatic carbocycles. The molecule has 0 radical (unpaired) electrons. The van der Waals surface area contributed by atoms with Gasteiger partial charge in [-0.05, 0) is 24.8 Å². The first-order valence-corrected chi connectivity index (χ1v) is 8.64. The Morgan fingerprint density at radius 3 is 3.00 bits per heavy atom. The van der Waals surface area contributed by atoms with Crippen molar-refractivity contribution in [2.24, 2.45) is 5.92 Å². The molecule has 25 heavy (non-hydrogen) atoms. The number of ether oxygens (including phenoxy) is 1. The van der Waals surface area contributed by atoms with Gasteiger partial charge in [-0.2, -0.15) is 10.4 Å². The van der Waals surface area contributed by atoms with E-state index in [1.807, 2.05) is 16.8 Å². The Balaban J connectivity index is 1.60. The number of aliphatic hydroxyl groups excluding tert-OH is 1. The van der Waals surface area contributed by atoms with Gasteiger partial charge in [0, 0.05) is 30.9 Å². The quantitative estimate of drug-likeness (QED) is 0.826. The maximum Gasteiger partial charge on any atom is 0.141 e. The smallest absolute Gasteiger partial charge is 0.141 e. The number of nitrogens with zero attached hydrogens (tertiary/aromatic N) is 3. The van der Waals surface area contributed by atoms with Gasteiger partial charge in [0.15, 0.2) is 0 Å². The van der Waals surface area contributed by atoms with Gasteiger partial charge in [-0.1, -0.05) is 23.7 Å². The predicted molar refractivity (Wildman–Crippen MR) is 94.3 cm³/mol. The normalized spacial score (nSPS) is 22.7. The average molecular weight is 361 g/mol. The van der Waals surface area contributed by atoms with Crippen LogP contribution in [0.3, 0.4) is 0 Å². The van der Waals surface area contributed by atoms with Crippen molar-refractivity contribution >= 4 is 11.6 Å². The molecule has 1 heterocycles. The van der Waals surface area contributed by atoms with Gasteiger partial charge in [0.25, 0.3) is 0 Å². The van der Waals surface area contributed by atoms with Crippen molar-refractivity contribution in [2.75, 3.05) is 7.11 Å². The van der Waals surface area contributed by atoms with Crippen LogP contribution in [0.25, 0.3) is 0 Å². The third kappa shape index (κ3) is 4.13. The molecular formula is C18H21ClN4O2. The molecule has 1 fully saturated rings. The van der Waals surface area contributed by atoms with Crippen LogP contribution in [-0.2, 0) is 13.1 Å². The van der Waals surface area contributed by atoms with Gasteiger partial charge in [0.1, 0.15) is 11.8 Å². The van der Waals surface area contributed by atoms with Crippen LogP contribution in [0.15, 0.2) is 30.6 Å². The number of benzene rings is 1. The lowest BCUT2D eigenvalue weighted by atomic mass is 10.1. The van der Waals surface area contributed by atoms with Crippen molar-refractivity contribution in [3.05, 3.63) is 46.7 Å². The Morgan fingerprint density at radius 1 is 1.48 bits per heavy atom. The molecule has 0 aliphatic heterocycles. The van der Waals surface area contributed by atoms with E-state index in [9.17, 15) is 5.11 Å². The third-order valence-corrected chi connectivity index (χ3v) is 4.84. The van der Waals surface area contributed by atoms with E-state index >= 15 is 0 Å². The van der Waals surface area contributed by atoms with Crippen LogP contribution in [0.1, 0.15) is 24.0 Å². The molecule has 6 nitrogen and oxygen atoms in total. The minimum absolute atomic E-state index is 0.00600. The summed E-state index contributed by atoms with van der Waals surface area (Å²) in [6.45, 7) is 1.29. The SMILES string of the molecule is COc1c(C#N)cccc1CN[C@@H]1CC(Cn2cc(Cl)cn2)C[C@H]1O. The number of rotatable bonds is 6. The number of aliphatic hydroxyl groups is 1. The second kappa shape index (κ2) is 7.87. The first-order valence-electron chi connectivity index (χ1n) is 8.26. The third-order valence-electron chi connectivity index (χ3n) is 4.65. The molecule has 2 N–H and O–H groups in total. The molecule has 1 aromatic heterocycles. The summed E-state index contributed by atoms with van der Waals surface area (Å²) in [5.74, 6) is 0.934. The van der Waals surface area contributed by atoms with Gasteiger partial charge >= 0.3 is 0 Å². The van der Waals surface area contributed by atoms with Crippen LogP contribution in [-0.4, -0.2) is 34.1 Å². The summed E-state index contributed by atoms with van der Waals surface area (Å²) in [5.41, 5.74) is 1.43. The van der Waals surface area contributed by atoms with Gasteiger partial charge in [0.05, 0.1) is 30.0 Å². The minimum atomic E-state index is -0.402. The molecule has 0 bridgehead atoms. The lowest BCUT2D eigenvalue weighted by molar-refractivity contribution is 0.145. The van der Waals surface area contributed by atoms with Crippen LogP contribution in [0, 0.1) is 17.2 Å². The Morgan fingerprint density at radius 2 is 2.32 bits per heavy atom. The van der Waals surface area contributed by atoms with E-state index in [4.69, 9.17) is 21.6 Å². The van der Waals surface area contributed by atoms with Gasteiger partial charge in [-0.3, -0.25) is 4.68 Å². The topological polar surface area (TPSA) is 83.1 Å². The van der Waals surface area contributed by atoms with Crippen molar-refractivity contribution in [2.45, 2.75) is 38.1 Å². The van der Waals surface area contributed by atoms with Crippen LogP contribution in [0.4, 0.5) is 0 Å². The highest BCUT2D eigenvalue weighted by Crippen LogP contribution is 2.29. The number of hydrogen-bond acceptors (Lipinski definition) is 5. The van der Waals surface area contributed by atoms with Crippen molar-refractivity contribution in [3.8, 4) is 11.8 Å². The monoisotopic (exact) mass is 360 g/mol. The number of methoxy groups -OCH3 is 1.